The van der Waals surface area contributed by atoms with E-state index in [1.165, 1.54) is 17.1 Å². The monoisotopic (exact) mass is 514 g/mol. The summed E-state index contributed by atoms with van der Waals surface area (Å²) in [5, 5.41) is 17.8. The number of hydrogen-bond acceptors (Lipinski definition) is 7. The largest absolute Gasteiger partial charge is 0.344 e. The number of nitrogens with one attached hydrogen (secondary N) is 2. The number of amides is 2. The average Bonchev–Trinajstić information content (AvgIpc) is 3.44. The highest BCUT2D eigenvalue weighted by Crippen LogP contribution is 2.30. The van der Waals surface area contributed by atoms with Crippen LogP contribution >= 0.6 is 11.6 Å². The van der Waals surface area contributed by atoms with Gasteiger partial charge >= 0.3 is 0 Å². The van der Waals surface area contributed by atoms with E-state index in [9.17, 15) is 9.59 Å². The Kier molecular flexibility index (Phi) is 7.27. The zero-order valence-corrected chi connectivity index (χ0v) is 20.5. The maximum absolute atomic E-state index is 13.0. The summed E-state index contributed by atoms with van der Waals surface area (Å²) >= 11 is 6.18. The van der Waals surface area contributed by atoms with Crippen LogP contribution in [0.2, 0.25) is 5.02 Å². The van der Waals surface area contributed by atoms with Gasteiger partial charge in [-0.2, -0.15) is 4.68 Å². The number of rotatable bonds is 4. The lowest BCUT2D eigenvalue weighted by molar-refractivity contribution is -0.118. The highest BCUT2D eigenvalue weighted by Gasteiger charge is 2.18. The van der Waals surface area contributed by atoms with Gasteiger partial charge in [0.2, 0.25) is 11.8 Å². The van der Waals surface area contributed by atoms with Crippen molar-refractivity contribution in [3.05, 3.63) is 83.7 Å². The van der Waals surface area contributed by atoms with Crippen LogP contribution in [0.1, 0.15) is 43.0 Å². The highest BCUT2D eigenvalue weighted by atomic mass is 35.5. The molecular formula is C26H23ClN8O2. The first-order chi connectivity index (χ1) is 18.1. The standard InChI is InChI=1S/C26H23ClN8O2/c27-19-6-7-24(35-16-30-33-34-35)18(13-19)5-8-26(37)31-21-3-1-2-4-25(36)32-23-15-28-11-10-20(23)17-9-12-29-22(21)14-17/h5-16,21H,1-4H2,(H,31,37)(H,32,36)/t21-/m0/s1. The number of halogens is 1. The molecule has 3 aromatic heterocycles. The Morgan fingerprint density at radius 3 is 2.95 bits per heavy atom. The second-order valence-electron chi connectivity index (χ2n) is 8.54. The van der Waals surface area contributed by atoms with Crippen LogP contribution in [0.3, 0.4) is 0 Å². The van der Waals surface area contributed by atoms with Gasteiger partial charge in [-0.25, -0.2) is 0 Å². The molecule has 37 heavy (non-hydrogen) atoms. The van der Waals surface area contributed by atoms with Crippen molar-refractivity contribution in [2.45, 2.75) is 31.7 Å². The van der Waals surface area contributed by atoms with Gasteiger partial charge in [0.05, 0.1) is 29.3 Å². The van der Waals surface area contributed by atoms with Gasteiger partial charge < -0.3 is 10.6 Å². The molecule has 2 bridgehead atoms. The fraction of sp³-hybridized carbons (Fsp3) is 0.192. The summed E-state index contributed by atoms with van der Waals surface area (Å²) in [6, 6.07) is 10.6. The lowest BCUT2D eigenvalue weighted by atomic mass is 9.99. The molecule has 2 amide bonds. The highest BCUT2D eigenvalue weighted by molar-refractivity contribution is 6.30. The number of carbonyl (C=O) groups excluding carboxylic acids is 2. The zero-order chi connectivity index (χ0) is 25.6. The van der Waals surface area contributed by atoms with E-state index in [1.807, 2.05) is 18.2 Å². The summed E-state index contributed by atoms with van der Waals surface area (Å²) in [6.45, 7) is 0. The molecule has 4 heterocycles. The van der Waals surface area contributed by atoms with Crippen LogP contribution in [-0.2, 0) is 9.59 Å². The molecule has 1 atom stereocenters. The Morgan fingerprint density at radius 2 is 2.08 bits per heavy atom. The van der Waals surface area contributed by atoms with E-state index in [1.54, 1.807) is 42.9 Å². The molecule has 1 aliphatic rings. The molecule has 186 valence electrons. The van der Waals surface area contributed by atoms with Crippen LogP contribution < -0.4 is 10.6 Å². The SMILES string of the molecule is O=C(C=Cc1cc(Cl)ccc1-n1cnnn1)N[C@H]1CCCCC(=O)Nc2cnccc2-c2ccnc1c2. The van der Waals surface area contributed by atoms with Crippen LogP contribution in [0.15, 0.2) is 67.4 Å². The molecule has 0 fully saturated rings. The summed E-state index contributed by atoms with van der Waals surface area (Å²) in [6.07, 6.45) is 12.1. The second-order valence-corrected chi connectivity index (χ2v) is 8.97. The molecule has 1 aromatic carbocycles. The molecule has 5 rings (SSSR count). The van der Waals surface area contributed by atoms with Crippen molar-refractivity contribution in [2.24, 2.45) is 0 Å². The maximum atomic E-state index is 13.0. The first-order valence-electron chi connectivity index (χ1n) is 11.8. The molecule has 0 radical (unpaired) electrons. The summed E-state index contributed by atoms with van der Waals surface area (Å²) in [7, 11) is 0. The van der Waals surface area contributed by atoms with E-state index in [0.717, 1.165) is 23.2 Å². The number of fused-ring (bicyclic) bond motifs is 4. The van der Waals surface area contributed by atoms with Crippen LogP contribution in [0.4, 0.5) is 5.69 Å². The number of carbonyl (C=O) groups is 2. The third-order valence-corrected chi connectivity index (χ3v) is 6.24. The van der Waals surface area contributed by atoms with Gasteiger partial charge in [-0.15, -0.1) is 5.10 Å². The number of aromatic nitrogens is 6. The first-order valence-corrected chi connectivity index (χ1v) is 12.2. The molecule has 0 spiro atoms. The Balaban J connectivity index is 1.41. The van der Waals surface area contributed by atoms with E-state index >= 15 is 0 Å². The number of anilines is 1. The van der Waals surface area contributed by atoms with Crippen LogP contribution in [0.5, 0.6) is 0 Å². The lowest BCUT2D eigenvalue weighted by Gasteiger charge is -2.20. The summed E-state index contributed by atoms with van der Waals surface area (Å²) in [5.41, 5.74) is 4.48. The minimum Gasteiger partial charge on any atom is -0.344 e. The average molecular weight is 515 g/mol. The van der Waals surface area contributed by atoms with Crippen molar-refractivity contribution in [3.63, 3.8) is 0 Å². The lowest BCUT2D eigenvalue weighted by Crippen LogP contribution is -2.27. The van der Waals surface area contributed by atoms with Gasteiger partial charge in [0.25, 0.3) is 0 Å². The Morgan fingerprint density at radius 1 is 1.16 bits per heavy atom. The Labute approximate surface area is 217 Å². The number of tetrazole rings is 1. The van der Waals surface area contributed by atoms with Crippen LogP contribution in [0.25, 0.3) is 22.9 Å². The summed E-state index contributed by atoms with van der Waals surface area (Å²) in [5.74, 6) is -0.346. The normalized spacial score (nSPS) is 15.8. The van der Waals surface area contributed by atoms with Gasteiger partial charge in [-0.1, -0.05) is 18.0 Å². The quantitative estimate of drug-likeness (QED) is 0.391. The van der Waals surface area contributed by atoms with Crippen LogP contribution in [0, 0.1) is 0 Å². The number of pyridine rings is 2. The van der Waals surface area contributed by atoms with Crippen molar-refractivity contribution in [2.75, 3.05) is 5.32 Å². The molecule has 11 heteroatoms. The molecule has 2 N–H and O–H groups in total. The fourth-order valence-electron chi connectivity index (χ4n) is 4.22. The predicted molar refractivity (Wildman–Crippen MR) is 139 cm³/mol. The van der Waals surface area contributed by atoms with E-state index in [0.29, 0.717) is 41.2 Å². The molecule has 0 unspecified atom stereocenters. The van der Waals surface area contributed by atoms with E-state index in [-0.39, 0.29) is 17.9 Å². The van der Waals surface area contributed by atoms with Gasteiger partial charge in [0.15, 0.2) is 0 Å². The van der Waals surface area contributed by atoms with Crippen LogP contribution in [-0.4, -0.2) is 42.0 Å². The molecule has 4 aromatic rings. The second kappa shape index (κ2) is 11.1. The van der Waals surface area contributed by atoms with Crippen molar-refractivity contribution in [1.82, 2.24) is 35.5 Å². The third kappa shape index (κ3) is 5.87. The number of nitrogens with zero attached hydrogens (tertiary/aromatic N) is 6. The predicted octanol–water partition coefficient (Wildman–Crippen LogP) is 4.16. The molecule has 0 saturated heterocycles. The van der Waals surface area contributed by atoms with Gasteiger partial charge in [0.1, 0.15) is 6.33 Å². The molecular weight excluding hydrogens is 492 g/mol. The van der Waals surface area contributed by atoms with E-state index in [2.05, 4.69) is 36.1 Å². The smallest absolute Gasteiger partial charge is 0.244 e. The number of benzene rings is 1. The maximum Gasteiger partial charge on any atom is 0.244 e. The number of hydrogen-bond donors (Lipinski definition) is 2. The van der Waals surface area contributed by atoms with E-state index in [4.69, 9.17) is 11.6 Å². The zero-order valence-electron chi connectivity index (χ0n) is 19.7. The molecule has 0 aliphatic carbocycles. The third-order valence-electron chi connectivity index (χ3n) is 6.01. The molecule has 1 aliphatic heterocycles. The summed E-state index contributed by atoms with van der Waals surface area (Å²) in [4.78, 5) is 34.2. The topological polar surface area (TPSA) is 128 Å². The fourth-order valence-corrected chi connectivity index (χ4v) is 4.40. The van der Waals surface area contributed by atoms with Crippen molar-refractivity contribution in [1.29, 1.82) is 0 Å². The van der Waals surface area contributed by atoms with Crippen molar-refractivity contribution in [3.8, 4) is 16.8 Å². The minimum atomic E-state index is -0.330. The summed E-state index contributed by atoms with van der Waals surface area (Å²) < 4.78 is 1.50. The van der Waals surface area contributed by atoms with Gasteiger partial charge in [-0.3, -0.25) is 19.6 Å². The van der Waals surface area contributed by atoms with E-state index < -0.39 is 0 Å². The Bertz CT molecular complexity index is 1450. The van der Waals surface area contributed by atoms with Gasteiger partial charge in [-0.05, 0) is 71.3 Å². The van der Waals surface area contributed by atoms with Crippen molar-refractivity contribution >= 4 is 35.2 Å². The van der Waals surface area contributed by atoms with Crippen molar-refractivity contribution < 1.29 is 9.59 Å². The first kappa shape index (κ1) is 24.3. The van der Waals surface area contributed by atoms with Gasteiger partial charge in [0, 0.05) is 41.0 Å². The molecule has 0 saturated carbocycles. The Hall–Kier alpha value is -4.44. The minimum absolute atomic E-state index is 0.0625. The molecule has 10 nitrogen and oxygen atoms in total.